The number of ether oxygens (including phenoxy) is 3. The molecule has 0 rings (SSSR count). The van der Waals surface area contributed by atoms with Gasteiger partial charge in [-0.3, -0.25) is 14.4 Å². The third kappa shape index (κ3) is 52.5. The Morgan fingerprint density at radius 3 is 0.892 bits per heavy atom. The molecule has 0 N–H and O–H groups in total. The lowest BCUT2D eigenvalue weighted by Gasteiger charge is -2.18. The van der Waals surface area contributed by atoms with Crippen LogP contribution in [-0.2, 0) is 28.6 Å². The molecule has 6 heteroatoms. The Morgan fingerprint density at radius 2 is 0.554 bits per heavy atom. The maximum Gasteiger partial charge on any atom is 0.306 e. The molecule has 0 aromatic rings. The second kappa shape index (κ2) is 54.2. The Labute approximate surface area is 404 Å². The van der Waals surface area contributed by atoms with Gasteiger partial charge in [0.05, 0.1) is 0 Å². The first kappa shape index (κ1) is 62.6. The molecule has 0 radical (unpaired) electrons. The molecule has 0 saturated heterocycles. The van der Waals surface area contributed by atoms with Crippen LogP contribution in [0.2, 0.25) is 0 Å². The van der Waals surface area contributed by atoms with Crippen molar-refractivity contribution in [2.75, 3.05) is 13.2 Å². The summed E-state index contributed by atoms with van der Waals surface area (Å²) in [6.07, 6.45) is 64.1. The van der Waals surface area contributed by atoms with Crippen LogP contribution in [0.4, 0.5) is 0 Å². The lowest BCUT2D eigenvalue weighted by atomic mass is 10.0. The lowest BCUT2D eigenvalue weighted by molar-refractivity contribution is -0.167. The molecule has 0 aromatic heterocycles. The number of hydrogen-bond donors (Lipinski definition) is 0. The van der Waals surface area contributed by atoms with Gasteiger partial charge in [-0.15, -0.1) is 0 Å². The molecule has 0 amide bonds. The van der Waals surface area contributed by atoms with Gasteiger partial charge in [0.1, 0.15) is 13.2 Å². The Morgan fingerprint density at radius 1 is 0.308 bits per heavy atom. The number of hydrogen-bond acceptors (Lipinski definition) is 6. The van der Waals surface area contributed by atoms with Crippen LogP contribution in [0.25, 0.3) is 0 Å². The fraction of sp³-hybridized carbons (Fsp3) is 0.847. The van der Waals surface area contributed by atoms with Crippen molar-refractivity contribution in [2.45, 2.75) is 309 Å². The molecule has 0 bridgehead atoms. The highest BCUT2D eigenvalue weighted by molar-refractivity contribution is 5.71. The quantitative estimate of drug-likeness (QED) is 0.0262. The fourth-order valence-corrected chi connectivity index (χ4v) is 8.29. The van der Waals surface area contributed by atoms with Crippen LogP contribution in [0, 0.1) is 0 Å². The van der Waals surface area contributed by atoms with Gasteiger partial charge in [0, 0.05) is 19.3 Å². The maximum absolute atomic E-state index is 12.8. The first-order chi connectivity index (χ1) is 32.0. The van der Waals surface area contributed by atoms with Crippen molar-refractivity contribution < 1.29 is 28.6 Å². The van der Waals surface area contributed by atoms with E-state index in [0.717, 1.165) is 77.0 Å². The van der Waals surface area contributed by atoms with Crippen LogP contribution in [0.3, 0.4) is 0 Å². The van der Waals surface area contributed by atoms with E-state index in [9.17, 15) is 14.4 Å². The van der Waals surface area contributed by atoms with E-state index in [0.29, 0.717) is 19.3 Å². The lowest BCUT2D eigenvalue weighted by Crippen LogP contribution is -2.30. The summed E-state index contributed by atoms with van der Waals surface area (Å²) < 4.78 is 16.9. The maximum atomic E-state index is 12.8. The molecule has 0 aliphatic heterocycles. The van der Waals surface area contributed by atoms with Crippen LogP contribution in [0.1, 0.15) is 303 Å². The number of carbonyl (C=O) groups is 3. The van der Waals surface area contributed by atoms with E-state index < -0.39 is 6.10 Å². The summed E-state index contributed by atoms with van der Waals surface area (Å²) >= 11 is 0. The van der Waals surface area contributed by atoms with Gasteiger partial charge in [0.15, 0.2) is 6.10 Å². The minimum Gasteiger partial charge on any atom is -0.462 e. The van der Waals surface area contributed by atoms with Gasteiger partial charge in [-0.05, 0) is 77.0 Å². The van der Waals surface area contributed by atoms with E-state index in [1.807, 2.05) is 0 Å². The SMILES string of the molecule is CCCCC/C=C\C/C=C\CCCCCCCC(=O)OC[C@H](COC(=O)CCCCCCCCCCCCCCC)OC(=O)CCCCCCCCCCC/C=C\CCCCCCCC. The number of carbonyl (C=O) groups excluding carboxylic acids is 3. The predicted molar refractivity (Wildman–Crippen MR) is 279 cm³/mol. The molecule has 0 saturated carbocycles. The van der Waals surface area contributed by atoms with Gasteiger partial charge in [-0.1, -0.05) is 243 Å². The van der Waals surface area contributed by atoms with Crippen LogP contribution in [-0.4, -0.2) is 37.2 Å². The van der Waals surface area contributed by atoms with Crippen LogP contribution in [0.5, 0.6) is 0 Å². The largest absolute Gasteiger partial charge is 0.462 e. The minimum absolute atomic E-state index is 0.0739. The molecule has 0 aliphatic carbocycles. The number of unbranched alkanes of at least 4 members (excludes halogenated alkanes) is 35. The molecular formula is C59H108O6. The fourth-order valence-electron chi connectivity index (χ4n) is 8.29. The summed E-state index contributed by atoms with van der Waals surface area (Å²) in [7, 11) is 0. The molecule has 65 heavy (non-hydrogen) atoms. The van der Waals surface area contributed by atoms with Gasteiger partial charge in [0.25, 0.3) is 0 Å². The molecule has 0 heterocycles. The van der Waals surface area contributed by atoms with Crippen molar-refractivity contribution in [3.05, 3.63) is 36.5 Å². The molecule has 0 unspecified atom stereocenters. The second-order valence-corrected chi connectivity index (χ2v) is 19.2. The third-order valence-electron chi connectivity index (χ3n) is 12.6. The van der Waals surface area contributed by atoms with Crippen molar-refractivity contribution in [3.8, 4) is 0 Å². The number of esters is 3. The first-order valence-electron chi connectivity index (χ1n) is 28.5. The highest BCUT2D eigenvalue weighted by atomic mass is 16.6. The molecule has 1 atom stereocenters. The molecule has 0 aromatic carbocycles. The number of allylic oxidation sites excluding steroid dienone is 6. The number of rotatable bonds is 52. The van der Waals surface area contributed by atoms with Gasteiger partial charge < -0.3 is 14.2 Å². The summed E-state index contributed by atoms with van der Waals surface area (Å²) in [5.41, 5.74) is 0. The van der Waals surface area contributed by atoms with Crippen LogP contribution >= 0.6 is 0 Å². The van der Waals surface area contributed by atoms with E-state index >= 15 is 0 Å². The van der Waals surface area contributed by atoms with Crippen LogP contribution < -0.4 is 0 Å². The topological polar surface area (TPSA) is 78.9 Å². The summed E-state index contributed by atoms with van der Waals surface area (Å²) in [5, 5.41) is 0. The van der Waals surface area contributed by atoms with Crippen molar-refractivity contribution >= 4 is 17.9 Å². The van der Waals surface area contributed by atoms with E-state index in [1.54, 1.807) is 0 Å². The van der Waals surface area contributed by atoms with Crippen molar-refractivity contribution in [3.63, 3.8) is 0 Å². The molecule has 380 valence electrons. The van der Waals surface area contributed by atoms with E-state index in [2.05, 4.69) is 57.2 Å². The second-order valence-electron chi connectivity index (χ2n) is 19.2. The predicted octanol–water partition coefficient (Wildman–Crippen LogP) is 18.9. The average Bonchev–Trinajstić information content (AvgIpc) is 3.30. The normalized spacial score (nSPS) is 12.2. The molecule has 0 spiro atoms. The van der Waals surface area contributed by atoms with Gasteiger partial charge >= 0.3 is 17.9 Å². The van der Waals surface area contributed by atoms with E-state index in [1.165, 1.54) is 186 Å². The zero-order valence-corrected chi connectivity index (χ0v) is 43.5. The Hall–Kier alpha value is -2.37. The summed E-state index contributed by atoms with van der Waals surface area (Å²) in [4.78, 5) is 38.1. The average molecular weight is 914 g/mol. The van der Waals surface area contributed by atoms with Gasteiger partial charge in [-0.2, -0.15) is 0 Å². The molecule has 6 nitrogen and oxygen atoms in total. The smallest absolute Gasteiger partial charge is 0.306 e. The summed E-state index contributed by atoms with van der Waals surface area (Å²) in [6.45, 7) is 6.63. The third-order valence-corrected chi connectivity index (χ3v) is 12.6. The first-order valence-corrected chi connectivity index (χ1v) is 28.5. The minimum atomic E-state index is -0.776. The highest BCUT2D eigenvalue weighted by Gasteiger charge is 2.19. The Kier molecular flexibility index (Phi) is 52.3. The highest BCUT2D eigenvalue weighted by Crippen LogP contribution is 2.16. The van der Waals surface area contributed by atoms with Crippen LogP contribution in [0.15, 0.2) is 36.5 Å². The standard InChI is InChI=1S/C59H108O6/c1-4-7-10-13-16-19-22-25-27-28-29-30-32-35-38-41-44-47-50-53-59(62)65-56(54-63-57(60)51-48-45-42-39-36-33-24-21-18-15-12-9-6-3)55-64-58(61)52-49-46-43-40-37-34-31-26-23-20-17-14-11-8-5-2/h17,20,25-27,31,56H,4-16,18-19,21-24,28-30,32-55H2,1-3H3/b20-17-,27-25-,31-26-/t56-/m0/s1. The van der Waals surface area contributed by atoms with Crippen molar-refractivity contribution in [1.29, 1.82) is 0 Å². The Bertz CT molecular complexity index is 1090. The molecular weight excluding hydrogens is 805 g/mol. The van der Waals surface area contributed by atoms with Gasteiger partial charge in [-0.25, -0.2) is 0 Å². The van der Waals surface area contributed by atoms with Crippen molar-refractivity contribution in [1.82, 2.24) is 0 Å². The summed E-state index contributed by atoms with van der Waals surface area (Å²) in [6, 6.07) is 0. The summed E-state index contributed by atoms with van der Waals surface area (Å²) in [5.74, 6) is -0.875. The Balaban J connectivity index is 4.35. The molecule has 0 fully saturated rings. The zero-order valence-electron chi connectivity index (χ0n) is 43.5. The molecule has 0 aliphatic rings. The van der Waals surface area contributed by atoms with Gasteiger partial charge in [0.2, 0.25) is 0 Å². The monoisotopic (exact) mass is 913 g/mol. The van der Waals surface area contributed by atoms with E-state index in [4.69, 9.17) is 14.2 Å². The van der Waals surface area contributed by atoms with E-state index in [-0.39, 0.29) is 31.1 Å². The van der Waals surface area contributed by atoms with Crippen molar-refractivity contribution in [2.24, 2.45) is 0 Å². The zero-order chi connectivity index (χ0) is 47.2.